The number of carbonyl (C=O) groups is 1. The number of ether oxygens (including phenoxy) is 2. The number of hydrogen-bond acceptors (Lipinski definition) is 6. The van der Waals surface area contributed by atoms with E-state index in [1.54, 1.807) is 12.1 Å². The van der Waals surface area contributed by atoms with Crippen molar-refractivity contribution >= 4 is 11.6 Å². The number of aromatic nitrogens is 2. The van der Waals surface area contributed by atoms with Crippen LogP contribution in [0.2, 0.25) is 0 Å². The van der Waals surface area contributed by atoms with Crippen LogP contribution in [-0.2, 0) is 4.79 Å². The normalized spacial score (nSPS) is 14.9. The monoisotopic (exact) mass is 429 g/mol. The maximum absolute atomic E-state index is 12.3. The smallest absolute Gasteiger partial charge is 0.262 e. The number of rotatable bonds is 5. The number of anilines is 1. The molecule has 1 atom stereocenters. The molecule has 4 N–H and O–H groups in total. The van der Waals surface area contributed by atoms with Crippen LogP contribution in [0.25, 0.3) is 0 Å². The van der Waals surface area contributed by atoms with E-state index in [1.807, 2.05) is 51.1 Å². The number of benzene rings is 2. The summed E-state index contributed by atoms with van der Waals surface area (Å²) < 4.78 is 11.1. The first-order valence-corrected chi connectivity index (χ1v) is 10.1. The molecule has 4 rings (SSSR count). The van der Waals surface area contributed by atoms with Crippen LogP contribution in [0.3, 0.4) is 0 Å². The maximum Gasteiger partial charge on any atom is 0.262 e. The van der Waals surface area contributed by atoms with Crippen LogP contribution in [0.15, 0.2) is 53.9 Å². The fraction of sp³-hybridized carbons (Fsp3) is 0.208. The zero-order valence-corrected chi connectivity index (χ0v) is 18.0. The lowest BCUT2D eigenvalue weighted by Crippen LogP contribution is -2.21. The highest BCUT2D eigenvalue weighted by molar-refractivity contribution is 5.92. The highest BCUT2D eigenvalue weighted by atomic mass is 16.5. The van der Waals surface area contributed by atoms with Gasteiger partial charge < -0.3 is 20.5 Å². The van der Waals surface area contributed by atoms with Gasteiger partial charge in [-0.2, -0.15) is 5.26 Å². The third kappa shape index (κ3) is 4.01. The van der Waals surface area contributed by atoms with Gasteiger partial charge in [0.15, 0.2) is 6.61 Å². The van der Waals surface area contributed by atoms with Crippen molar-refractivity contribution in [3.05, 3.63) is 81.9 Å². The molecule has 3 aromatic rings. The Morgan fingerprint density at radius 2 is 2.00 bits per heavy atom. The Morgan fingerprint density at radius 3 is 2.72 bits per heavy atom. The number of nitrogens with one attached hydrogen (secondary N) is 2. The zero-order chi connectivity index (χ0) is 22.8. The SMILES string of the molecule is Cc1ccc(C)c(NC(=O)COc2ccc(C3C(C#N)=C(N)Oc4n[nH]c(C)c43)cc2)c1. The summed E-state index contributed by atoms with van der Waals surface area (Å²) in [4.78, 5) is 12.3. The van der Waals surface area contributed by atoms with Crippen LogP contribution in [-0.4, -0.2) is 22.7 Å². The van der Waals surface area contributed by atoms with Crippen molar-refractivity contribution in [1.82, 2.24) is 10.2 Å². The summed E-state index contributed by atoms with van der Waals surface area (Å²) in [6, 6.07) is 15.2. The molecule has 1 aliphatic rings. The van der Waals surface area contributed by atoms with E-state index < -0.39 is 5.92 Å². The molecule has 2 heterocycles. The van der Waals surface area contributed by atoms with Gasteiger partial charge in [0.05, 0.1) is 5.92 Å². The molecule has 32 heavy (non-hydrogen) atoms. The summed E-state index contributed by atoms with van der Waals surface area (Å²) in [6.45, 7) is 5.66. The van der Waals surface area contributed by atoms with Gasteiger partial charge in [-0.15, -0.1) is 5.10 Å². The number of nitrogens with zero attached hydrogens (tertiary/aromatic N) is 2. The Hall–Kier alpha value is -4.25. The lowest BCUT2D eigenvalue weighted by Gasteiger charge is -2.23. The van der Waals surface area contributed by atoms with Gasteiger partial charge in [0.1, 0.15) is 17.4 Å². The predicted molar refractivity (Wildman–Crippen MR) is 119 cm³/mol. The van der Waals surface area contributed by atoms with E-state index in [4.69, 9.17) is 15.2 Å². The van der Waals surface area contributed by atoms with Crippen molar-refractivity contribution in [1.29, 1.82) is 5.26 Å². The molecule has 1 aromatic heterocycles. The van der Waals surface area contributed by atoms with Crippen LogP contribution in [0.4, 0.5) is 5.69 Å². The summed E-state index contributed by atoms with van der Waals surface area (Å²) >= 11 is 0. The molecule has 1 aliphatic heterocycles. The number of nitriles is 1. The lowest BCUT2D eigenvalue weighted by atomic mass is 9.84. The van der Waals surface area contributed by atoms with E-state index in [0.717, 1.165) is 33.6 Å². The van der Waals surface area contributed by atoms with Crippen molar-refractivity contribution in [2.24, 2.45) is 5.73 Å². The van der Waals surface area contributed by atoms with E-state index in [9.17, 15) is 10.1 Å². The number of H-pyrrole nitrogens is 1. The summed E-state index contributed by atoms with van der Waals surface area (Å²) in [5.74, 6) is 0.307. The molecule has 0 saturated carbocycles. The highest BCUT2D eigenvalue weighted by Crippen LogP contribution is 2.42. The summed E-state index contributed by atoms with van der Waals surface area (Å²) in [6.07, 6.45) is 0. The minimum absolute atomic E-state index is 0.0416. The van der Waals surface area contributed by atoms with Gasteiger partial charge >= 0.3 is 0 Å². The van der Waals surface area contributed by atoms with Gasteiger partial charge in [-0.1, -0.05) is 24.3 Å². The van der Waals surface area contributed by atoms with Crippen molar-refractivity contribution in [3.8, 4) is 17.7 Å². The van der Waals surface area contributed by atoms with Gasteiger partial charge in [0.2, 0.25) is 11.8 Å². The van der Waals surface area contributed by atoms with E-state index >= 15 is 0 Å². The summed E-state index contributed by atoms with van der Waals surface area (Å²) in [5.41, 5.74) is 11.5. The van der Waals surface area contributed by atoms with Crippen LogP contribution < -0.4 is 20.5 Å². The Kier molecular flexibility index (Phi) is 5.56. The summed E-state index contributed by atoms with van der Waals surface area (Å²) in [5, 5.41) is 19.5. The lowest BCUT2D eigenvalue weighted by molar-refractivity contribution is -0.118. The first-order valence-electron chi connectivity index (χ1n) is 10.1. The second-order valence-corrected chi connectivity index (χ2v) is 7.72. The average Bonchev–Trinajstić information content (AvgIpc) is 3.14. The second kappa shape index (κ2) is 8.47. The second-order valence-electron chi connectivity index (χ2n) is 7.72. The number of hydrogen-bond donors (Lipinski definition) is 3. The van der Waals surface area contributed by atoms with Crippen LogP contribution >= 0.6 is 0 Å². The van der Waals surface area contributed by atoms with Gasteiger partial charge in [-0.3, -0.25) is 9.89 Å². The standard InChI is InChI=1S/C24H23N5O3/c1-13-4-5-14(2)19(10-13)27-20(30)12-31-17-8-6-16(7-9-17)22-18(11-25)23(26)32-24-21(22)15(3)28-29-24/h4-10,22H,12,26H2,1-3H3,(H,27,30)(H,28,29). The molecule has 8 nitrogen and oxygen atoms in total. The molecule has 0 saturated heterocycles. The quantitative estimate of drug-likeness (QED) is 0.569. The molecule has 162 valence electrons. The summed E-state index contributed by atoms with van der Waals surface area (Å²) in [7, 11) is 0. The van der Waals surface area contributed by atoms with E-state index in [0.29, 0.717) is 17.2 Å². The molecule has 0 fully saturated rings. The highest BCUT2D eigenvalue weighted by Gasteiger charge is 2.34. The number of aromatic amines is 1. The minimum Gasteiger partial charge on any atom is -0.484 e. The molecule has 0 radical (unpaired) electrons. The van der Waals surface area contributed by atoms with E-state index in [2.05, 4.69) is 21.6 Å². The Labute approximate surface area is 185 Å². The Bertz CT molecular complexity index is 1250. The molecule has 1 amide bonds. The third-order valence-corrected chi connectivity index (χ3v) is 5.38. The molecule has 0 bridgehead atoms. The third-order valence-electron chi connectivity index (χ3n) is 5.38. The molecule has 0 spiro atoms. The number of aryl methyl sites for hydroxylation is 3. The number of carbonyl (C=O) groups excluding carboxylic acids is 1. The van der Waals surface area contributed by atoms with E-state index in [1.165, 1.54) is 0 Å². The van der Waals surface area contributed by atoms with Crippen molar-refractivity contribution in [3.63, 3.8) is 0 Å². The van der Waals surface area contributed by atoms with Gasteiger partial charge in [0.25, 0.3) is 5.91 Å². The van der Waals surface area contributed by atoms with Gasteiger partial charge in [-0.25, -0.2) is 0 Å². The number of amides is 1. The Balaban J connectivity index is 1.48. The largest absolute Gasteiger partial charge is 0.484 e. The molecule has 1 unspecified atom stereocenters. The van der Waals surface area contributed by atoms with Crippen LogP contribution in [0.5, 0.6) is 11.6 Å². The van der Waals surface area contributed by atoms with E-state index in [-0.39, 0.29) is 18.4 Å². The fourth-order valence-corrected chi connectivity index (χ4v) is 3.69. The van der Waals surface area contributed by atoms with Crippen LogP contribution in [0.1, 0.15) is 33.9 Å². The molecule has 8 heteroatoms. The molecule has 0 aliphatic carbocycles. The minimum atomic E-state index is -0.399. The fourth-order valence-electron chi connectivity index (χ4n) is 3.69. The first-order chi connectivity index (χ1) is 15.4. The average molecular weight is 429 g/mol. The zero-order valence-electron chi connectivity index (χ0n) is 18.0. The van der Waals surface area contributed by atoms with Crippen LogP contribution in [0, 0.1) is 32.1 Å². The molecular weight excluding hydrogens is 406 g/mol. The van der Waals surface area contributed by atoms with Crippen molar-refractivity contribution in [2.75, 3.05) is 11.9 Å². The van der Waals surface area contributed by atoms with Gasteiger partial charge in [0, 0.05) is 16.9 Å². The Morgan fingerprint density at radius 1 is 1.25 bits per heavy atom. The van der Waals surface area contributed by atoms with Crippen molar-refractivity contribution < 1.29 is 14.3 Å². The number of nitrogens with two attached hydrogens (primary N) is 1. The maximum atomic E-state index is 12.3. The first kappa shape index (κ1) is 21.0. The topological polar surface area (TPSA) is 126 Å². The number of fused-ring (bicyclic) bond motifs is 1. The molecule has 2 aromatic carbocycles. The van der Waals surface area contributed by atoms with Crippen molar-refractivity contribution in [2.45, 2.75) is 26.7 Å². The number of allylic oxidation sites excluding steroid dienone is 1. The molecular formula is C24H23N5O3. The van der Waals surface area contributed by atoms with Gasteiger partial charge in [-0.05, 0) is 55.7 Å². The predicted octanol–water partition coefficient (Wildman–Crippen LogP) is 3.57.